The molecule has 6 heteroatoms. The number of carboxylic acid groups (broad SMARTS) is 1. The average molecular weight is 368 g/mol. The molecule has 0 unspecified atom stereocenters. The number of rotatable bonds is 8. The summed E-state index contributed by atoms with van der Waals surface area (Å²) in [6.45, 7) is 4.10. The van der Waals surface area contributed by atoms with E-state index in [2.05, 4.69) is 10.6 Å². The van der Waals surface area contributed by atoms with Crippen LogP contribution in [0.15, 0.2) is 42.5 Å². The van der Waals surface area contributed by atoms with Gasteiger partial charge in [0.1, 0.15) is 0 Å². The van der Waals surface area contributed by atoms with Crippen molar-refractivity contribution in [1.29, 1.82) is 0 Å². The number of carbonyl (C=O) groups is 3. The van der Waals surface area contributed by atoms with Crippen LogP contribution in [0.4, 0.5) is 11.4 Å². The largest absolute Gasteiger partial charge is 0.481 e. The molecule has 0 saturated heterocycles. The van der Waals surface area contributed by atoms with E-state index < -0.39 is 5.97 Å². The van der Waals surface area contributed by atoms with Crippen molar-refractivity contribution in [2.24, 2.45) is 0 Å². The summed E-state index contributed by atoms with van der Waals surface area (Å²) >= 11 is 0. The van der Waals surface area contributed by atoms with Crippen molar-refractivity contribution in [1.82, 2.24) is 0 Å². The minimum absolute atomic E-state index is 0.0921. The smallest absolute Gasteiger partial charge is 0.303 e. The lowest BCUT2D eigenvalue weighted by molar-refractivity contribution is -0.138. The van der Waals surface area contributed by atoms with Crippen molar-refractivity contribution in [3.8, 4) is 0 Å². The van der Waals surface area contributed by atoms with E-state index in [0.29, 0.717) is 11.3 Å². The van der Waals surface area contributed by atoms with E-state index >= 15 is 0 Å². The number of nitrogens with one attached hydrogen (secondary N) is 2. The highest BCUT2D eigenvalue weighted by Gasteiger charge is 2.12. The third-order valence-electron chi connectivity index (χ3n) is 4.23. The van der Waals surface area contributed by atoms with E-state index in [4.69, 9.17) is 5.11 Å². The van der Waals surface area contributed by atoms with Crippen LogP contribution in [-0.2, 0) is 22.4 Å². The lowest BCUT2D eigenvalue weighted by Gasteiger charge is -2.14. The monoisotopic (exact) mass is 368 g/mol. The Bertz CT molecular complexity index is 806. The van der Waals surface area contributed by atoms with Gasteiger partial charge in [-0.15, -0.1) is 0 Å². The van der Waals surface area contributed by atoms with Crippen LogP contribution in [0.3, 0.4) is 0 Å². The minimum atomic E-state index is -1.02. The van der Waals surface area contributed by atoms with Gasteiger partial charge in [-0.2, -0.15) is 0 Å². The zero-order chi connectivity index (χ0) is 19.8. The minimum Gasteiger partial charge on any atom is -0.481 e. The predicted molar refractivity (Wildman–Crippen MR) is 105 cm³/mol. The molecule has 0 bridgehead atoms. The fraction of sp³-hybridized carbons (Fsp3) is 0.286. The molecule has 3 N–H and O–H groups in total. The van der Waals surface area contributed by atoms with Crippen molar-refractivity contribution in [2.45, 2.75) is 39.5 Å². The van der Waals surface area contributed by atoms with Gasteiger partial charge in [-0.05, 0) is 48.2 Å². The van der Waals surface area contributed by atoms with Gasteiger partial charge >= 0.3 is 5.97 Å². The van der Waals surface area contributed by atoms with Gasteiger partial charge in [0.15, 0.2) is 0 Å². The highest BCUT2D eigenvalue weighted by atomic mass is 16.4. The molecule has 0 aliphatic rings. The molecule has 0 aromatic heterocycles. The van der Waals surface area contributed by atoms with Crippen LogP contribution in [0, 0.1) is 0 Å². The number of carboxylic acids is 1. The van der Waals surface area contributed by atoms with E-state index in [1.54, 1.807) is 24.3 Å². The quantitative estimate of drug-likeness (QED) is 0.659. The summed E-state index contributed by atoms with van der Waals surface area (Å²) in [7, 11) is 0. The van der Waals surface area contributed by atoms with E-state index in [9.17, 15) is 14.4 Å². The second-order valence-electron chi connectivity index (χ2n) is 6.13. The molecule has 2 amide bonds. The molecule has 27 heavy (non-hydrogen) atoms. The maximum atomic E-state index is 12.6. The molecular weight excluding hydrogens is 344 g/mol. The number of para-hydroxylation sites is 1. The molecule has 2 aromatic rings. The normalized spacial score (nSPS) is 10.3. The van der Waals surface area contributed by atoms with Gasteiger partial charge in [0.2, 0.25) is 5.91 Å². The third-order valence-corrected chi connectivity index (χ3v) is 4.23. The maximum Gasteiger partial charge on any atom is 0.303 e. The van der Waals surface area contributed by atoms with Gasteiger partial charge in [0.25, 0.3) is 5.91 Å². The Morgan fingerprint density at radius 3 is 1.96 bits per heavy atom. The summed E-state index contributed by atoms with van der Waals surface area (Å²) in [5, 5.41) is 14.2. The van der Waals surface area contributed by atoms with Crippen LogP contribution < -0.4 is 10.6 Å². The maximum absolute atomic E-state index is 12.6. The Morgan fingerprint density at radius 2 is 1.44 bits per heavy atom. The molecule has 0 atom stereocenters. The van der Waals surface area contributed by atoms with Crippen LogP contribution in [-0.4, -0.2) is 22.9 Å². The van der Waals surface area contributed by atoms with Gasteiger partial charge in [-0.25, -0.2) is 0 Å². The summed E-state index contributed by atoms with van der Waals surface area (Å²) in [4.78, 5) is 34.8. The molecule has 142 valence electrons. The van der Waals surface area contributed by atoms with Crippen molar-refractivity contribution in [3.63, 3.8) is 0 Å². The Balaban J connectivity index is 2.06. The number of hydrogen-bond donors (Lipinski definition) is 3. The number of carbonyl (C=O) groups excluding carboxylic acids is 2. The number of aliphatic carboxylic acids is 1. The van der Waals surface area contributed by atoms with Gasteiger partial charge in [-0.3, -0.25) is 14.4 Å². The van der Waals surface area contributed by atoms with Crippen LogP contribution in [0.5, 0.6) is 0 Å². The Morgan fingerprint density at radius 1 is 0.852 bits per heavy atom. The van der Waals surface area contributed by atoms with Crippen LogP contribution >= 0.6 is 0 Å². The lowest BCUT2D eigenvalue weighted by Crippen LogP contribution is -2.16. The Labute approximate surface area is 158 Å². The van der Waals surface area contributed by atoms with E-state index in [0.717, 1.165) is 29.7 Å². The summed E-state index contributed by atoms with van der Waals surface area (Å²) in [6.07, 6.45) is 1.34. The third kappa shape index (κ3) is 5.67. The summed E-state index contributed by atoms with van der Waals surface area (Å²) in [5.74, 6) is -1.61. The topological polar surface area (TPSA) is 95.5 Å². The summed E-state index contributed by atoms with van der Waals surface area (Å²) < 4.78 is 0. The molecule has 0 aliphatic carbocycles. The van der Waals surface area contributed by atoms with Crippen LogP contribution in [0.2, 0.25) is 0 Å². The molecule has 0 saturated carbocycles. The fourth-order valence-electron chi connectivity index (χ4n) is 2.74. The molecule has 6 nitrogen and oxygen atoms in total. The zero-order valence-electron chi connectivity index (χ0n) is 15.5. The predicted octanol–water partition coefficient (Wildman–Crippen LogP) is 3.87. The van der Waals surface area contributed by atoms with E-state index in [1.165, 1.54) is 0 Å². The van der Waals surface area contributed by atoms with Crippen molar-refractivity contribution >= 4 is 29.2 Å². The highest BCUT2D eigenvalue weighted by molar-refractivity contribution is 6.05. The van der Waals surface area contributed by atoms with Crippen LogP contribution in [0.1, 0.15) is 48.2 Å². The first-order valence-corrected chi connectivity index (χ1v) is 8.98. The molecule has 0 heterocycles. The highest BCUT2D eigenvalue weighted by Crippen LogP contribution is 2.23. The first kappa shape index (κ1) is 20.2. The van der Waals surface area contributed by atoms with Gasteiger partial charge in [0, 0.05) is 23.4 Å². The standard InChI is InChI=1S/C21H24N2O4/c1-3-14-6-5-7-15(4-2)20(14)23-21(27)16-8-10-17(11-9-16)22-18(24)12-13-19(25)26/h5-11H,3-4,12-13H2,1-2H3,(H,22,24)(H,23,27)(H,25,26). The summed E-state index contributed by atoms with van der Waals surface area (Å²) in [6, 6.07) is 12.5. The Kier molecular flexibility index (Phi) is 7.11. The number of aryl methyl sites for hydroxylation is 2. The van der Waals surface area contributed by atoms with Gasteiger partial charge < -0.3 is 15.7 Å². The first-order valence-electron chi connectivity index (χ1n) is 8.98. The van der Waals surface area contributed by atoms with Crippen molar-refractivity contribution < 1.29 is 19.5 Å². The number of hydrogen-bond acceptors (Lipinski definition) is 3. The van der Waals surface area contributed by atoms with Gasteiger partial charge in [-0.1, -0.05) is 32.0 Å². The molecule has 0 radical (unpaired) electrons. The number of amides is 2. The lowest BCUT2D eigenvalue weighted by atomic mass is 10.0. The molecule has 0 fully saturated rings. The zero-order valence-corrected chi connectivity index (χ0v) is 15.5. The van der Waals surface area contributed by atoms with Crippen LogP contribution in [0.25, 0.3) is 0 Å². The first-order chi connectivity index (χ1) is 12.9. The summed E-state index contributed by atoms with van der Waals surface area (Å²) in [5.41, 5.74) is 4.03. The van der Waals surface area contributed by atoms with Gasteiger partial charge in [0.05, 0.1) is 6.42 Å². The van der Waals surface area contributed by atoms with E-state index in [-0.39, 0.29) is 24.7 Å². The number of anilines is 2. The van der Waals surface area contributed by atoms with Crippen molar-refractivity contribution in [2.75, 3.05) is 10.6 Å². The molecule has 2 rings (SSSR count). The molecule has 0 spiro atoms. The van der Waals surface area contributed by atoms with E-state index in [1.807, 2.05) is 32.0 Å². The second kappa shape index (κ2) is 9.52. The molecular formula is C21H24N2O4. The molecule has 0 aliphatic heterocycles. The average Bonchev–Trinajstić information content (AvgIpc) is 2.67. The van der Waals surface area contributed by atoms with Crippen molar-refractivity contribution in [3.05, 3.63) is 59.2 Å². The molecule has 2 aromatic carbocycles. The second-order valence-corrected chi connectivity index (χ2v) is 6.13. The number of benzene rings is 2. The fourth-order valence-corrected chi connectivity index (χ4v) is 2.74. The Hall–Kier alpha value is -3.15. The SMILES string of the molecule is CCc1cccc(CC)c1NC(=O)c1ccc(NC(=O)CCC(=O)O)cc1.